The summed E-state index contributed by atoms with van der Waals surface area (Å²) < 4.78 is 0. The summed E-state index contributed by atoms with van der Waals surface area (Å²) >= 11 is 0. The number of nitrogens with zero attached hydrogens (tertiary/aromatic N) is 3. The number of anilines is 1. The quantitative estimate of drug-likeness (QED) is 0.757. The first-order valence-corrected chi connectivity index (χ1v) is 7.85. The van der Waals surface area contributed by atoms with Gasteiger partial charge in [-0.2, -0.15) is 5.26 Å². The Morgan fingerprint density at radius 2 is 2.30 bits per heavy atom. The molecule has 7 nitrogen and oxygen atoms in total. The lowest BCUT2D eigenvalue weighted by molar-refractivity contribution is -0.134. The number of pyridine rings is 1. The highest BCUT2D eigenvalue weighted by Crippen LogP contribution is 2.24. The van der Waals surface area contributed by atoms with Gasteiger partial charge in [-0.05, 0) is 37.8 Å². The summed E-state index contributed by atoms with van der Waals surface area (Å²) in [6.45, 7) is 3.85. The molecule has 0 aromatic carbocycles. The number of rotatable bonds is 6. The number of amides is 1. The van der Waals surface area contributed by atoms with Gasteiger partial charge in [-0.25, -0.2) is 10.5 Å². The van der Waals surface area contributed by atoms with E-state index in [1.165, 1.54) is 0 Å². The Balaban J connectivity index is 1.73. The van der Waals surface area contributed by atoms with E-state index in [1.807, 2.05) is 13.0 Å². The zero-order valence-corrected chi connectivity index (χ0v) is 13.4. The van der Waals surface area contributed by atoms with Gasteiger partial charge in [0, 0.05) is 31.7 Å². The summed E-state index contributed by atoms with van der Waals surface area (Å²) in [6.07, 6.45) is 3.92. The van der Waals surface area contributed by atoms with E-state index in [0.29, 0.717) is 24.5 Å². The van der Waals surface area contributed by atoms with Crippen LogP contribution in [-0.4, -0.2) is 36.6 Å². The van der Waals surface area contributed by atoms with Crippen molar-refractivity contribution in [3.8, 4) is 6.07 Å². The fourth-order valence-electron chi connectivity index (χ4n) is 2.56. The number of hydrogen-bond donors (Lipinski definition) is 2. The van der Waals surface area contributed by atoms with E-state index in [9.17, 15) is 4.79 Å². The molecule has 1 fully saturated rings. The van der Waals surface area contributed by atoms with Crippen LogP contribution < -0.4 is 16.1 Å². The molecule has 1 aromatic heterocycles. The summed E-state index contributed by atoms with van der Waals surface area (Å²) in [7, 11) is 0. The Bertz CT molecular complexity index is 545. The number of nitrogens with one attached hydrogen (secondary N) is 1. The highest BCUT2D eigenvalue weighted by Gasteiger charge is 2.22. The van der Waals surface area contributed by atoms with Crippen molar-refractivity contribution in [2.45, 2.75) is 32.2 Å². The normalized spacial score (nSPS) is 16.7. The van der Waals surface area contributed by atoms with Crippen molar-refractivity contribution in [3.63, 3.8) is 0 Å². The molecule has 0 saturated carbocycles. The molecule has 23 heavy (non-hydrogen) atoms. The molecule has 3 N–H and O–H groups in total. The SMILES string of the molecule is CC(N)CONC(=O)CC1CCN(c2ccc(C#N)cn2)CC1. The van der Waals surface area contributed by atoms with Gasteiger partial charge < -0.3 is 10.6 Å². The number of nitrogens with two attached hydrogens (primary N) is 1. The van der Waals surface area contributed by atoms with Crippen molar-refractivity contribution in [1.29, 1.82) is 5.26 Å². The molecule has 7 heteroatoms. The fraction of sp³-hybridized carbons (Fsp3) is 0.562. The molecular weight excluding hydrogens is 294 g/mol. The Morgan fingerprint density at radius 3 is 2.87 bits per heavy atom. The first-order valence-electron chi connectivity index (χ1n) is 7.85. The van der Waals surface area contributed by atoms with Gasteiger partial charge >= 0.3 is 0 Å². The van der Waals surface area contributed by atoms with Crippen LogP contribution in [0.3, 0.4) is 0 Å². The molecule has 0 radical (unpaired) electrons. The van der Waals surface area contributed by atoms with Crippen molar-refractivity contribution in [2.75, 3.05) is 24.6 Å². The Hall–Kier alpha value is -2.17. The van der Waals surface area contributed by atoms with E-state index < -0.39 is 0 Å². The van der Waals surface area contributed by atoms with Crippen molar-refractivity contribution < 1.29 is 9.63 Å². The molecule has 1 saturated heterocycles. The number of piperidine rings is 1. The predicted molar refractivity (Wildman–Crippen MR) is 86.3 cm³/mol. The Morgan fingerprint density at radius 1 is 1.57 bits per heavy atom. The average Bonchev–Trinajstić information content (AvgIpc) is 2.55. The molecule has 1 aliphatic rings. The zero-order chi connectivity index (χ0) is 16.7. The van der Waals surface area contributed by atoms with Gasteiger partial charge in [-0.3, -0.25) is 9.63 Å². The number of carbonyl (C=O) groups is 1. The number of aromatic nitrogens is 1. The van der Waals surface area contributed by atoms with Crippen LogP contribution in [0, 0.1) is 17.2 Å². The van der Waals surface area contributed by atoms with Crippen molar-refractivity contribution in [2.24, 2.45) is 11.7 Å². The molecule has 1 aliphatic heterocycles. The largest absolute Gasteiger partial charge is 0.357 e. The lowest BCUT2D eigenvalue weighted by atomic mass is 9.93. The smallest absolute Gasteiger partial charge is 0.243 e. The minimum Gasteiger partial charge on any atom is -0.357 e. The first kappa shape index (κ1) is 17.2. The Kier molecular flexibility index (Phi) is 6.32. The maximum atomic E-state index is 11.8. The molecule has 0 spiro atoms. The summed E-state index contributed by atoms with van der Waals surface area (Å²) in [5, 5.41) is 8.79. The summed E-state index contributed by atoms with van der Waals surface area (Å²) in [4.78, 5) is 23.3. The van der Waals surface area contributed by atoms with Crippen LogP contribution in [0.2, 0.25) is 0 Å². The molecule has 2 rings (SSSR count). The number of hydrogen-bond acceptors (Lipinski definition) is 6. The molecule has 0 bridgehead atoms. The van der Waals surface area contributed by atoms with Gasteiger partial charge in [-0.15, -0.1) is 0 Å². The van der Waals surface area contributed by atoms with Crippen LogP contribution in [0.15, 0.2) is 18.3 Å². The summed E-state index contributed by atoms with van der Waals surface area (Å²) in [6, 6.07) is 5.61. The van der Waals surface area contributed by atoms with E-state index in [4.69, 9.17) is 15.8 Å². The third-order valence-electron chi connectivity index (χ3n) is 3.82. The van der Waals surface area contributed by atoms with Crippen LogP contribution in [0.5, 0.6) is 0 Å². The zero-order valence-electron chi connectivity index (χ0n) is 13.4. The van der Waals surface area contributed by atoms with Crippen molar-refractivity contribution in [1.82, 2.24) is 10.5 Å². The number of nitriles is 1. The molecule has 1 aromatic rings. The minimum atomic E-state index is -0.0986. The molecule has 124 valence electrons. The lowest BCUT2D eigenvalue weighted by Crippen LogP contribution is -2.37. The van der Waals surface area contributed by atoms with Gasteiger partial charge in [0.2, 0.25) is 5.91 Å². The van der Waals surface area contributed by atoms with Crippen LogP contribution >= 0.6 is 0 Å². The van der Waals surface area contributed by atoms with Crippen LogP contribution in [-0.2, 0) is 9.63 Å². The third-order valence-corrected chi connectivity index (χ3v) is 3.82. The van der Waals surface area contributed by atoms with Gasteiger partial charge in [-0.1, -0.05) is 0 Å². The monoisotopic (exact) mass is 317 g/mol. The van der Waals surface area contributed by atoms with Gasteiger partial charge in [0.1, 0.15) is 11.9 Å². The standard InChI is InChI=1S/C16H23N5O2/c1-12(18)11-23-20-16(22)8-13-4-6-21(7-5-13)15-3-2-14(9-17)10-19-15/h2-3,10,12-13H,4-8,11,18H2,1H3,(H,20,22). The second kappa shape index (κ2) is 8.46. The van der Waals surface area contributed by atoms with Gasteiger partial charge in [0.05, 0.1) is 12.2 Å². The van der Waals surface area contributed by atoms with Crippen molar-refractivity contribution in [3.05, 3.63) is 23.9 Å². The minimum absolute atomic E-state index is 0.0967. The molecule has 1 amide bonds. The number of carbonyl (C=O) groups excluding carboxylic acids is 1. The molecule has 1 unspecified atom stereocenters. The molecule has 0 aliphatic carbocycles. The van der Waals surface area contributed by atoms with Gasteiger partial charge in [0.25, 0.3) is 0 Å². The highest BCUT2D eigenvalue weighted by atomic mass is 16.7. The first-order chi connectivity index (χ1) is 11.1. The van der Waals surface area contributed by atoms with E-state index in [2.05, 4.69) is 21.4 Å². The second-order valence-corrected chi connectivity index (χ2v) is 5.96. The lowest BCUT2D eigenvalue weighted by Gasteiger charge is -2.32. The van der Waals surface area contributed by atoms with E-state index >= 15 is 0 Å². The number of hydroxylamine groups is 1. The van der Waals surface area contributed by atoms with E-state index in [0.717, 1.165) is 31.7 Å². The predicted octanol–water partition coefficient (Wildman–Crippen LogP) is 0.955. The maximum absolute atomic E-state index is 11.8. The maximum Gasteiger partial charge on any atom is 0.243 e. The van der Waals surface area contributed by atoms with Crippen LogP contribution in [0.4, 0.5) is 5.82 Å². The van der Waals surface area contributed by atoms with E-state index in [1.54, 1.807) is 12.3 Å². The third kappa shape index (κ3) is 5.51. The highest BCUT2D eigenvalue weighted by molar-refractivity contribution is 5.75. The average molecular weight is 317 g/mol. The summed E-state index contributed by atoms with van der Waals surface area (Å²) in [5.41, 5.74) is 8.55. The summed E-state index contributed by atoms with van der Waals surface area (Å²) in [5.74, 6) is 1.14. The molecular formula is C16H23N5O2. The van der Waals surface area contributed by atoms with Crippen LogP contribution in [0.25, 0.3) is 0 Å². The van der Waals surface area contributed by atoms with Crippen LogP contribution in [0.1, 0.15) is 31.7 Å². The topological polar surface area (TPSA) is 104 Å². The molecule has 2 heterocycles. The second-order valence-electron chi connectivity index (χ2n) is 5.96. The van der Waals surface area contributed by atoms with Crippen molar-refractivity contribution >= 4 is 11.7 Å². The Labute approximate surface area is 136 Å². The molecule has 1 atom stereocenters. The van der Waals surface area contributed by atoms with E-state index in [-0.39, 0.29) is 11.9 Å². The fourth-order valence-corrected chi connectivity index (χ4v) is 2.56. The van der Waals surface area contributed by atoms with Gasteiger partial charge in [0.15, 0.2) is 0 Å².